The summed E-state index contributed by atoms with van der Waals surface area (Å²) < 4.78 is 0. The van der Waals surface area contributed by atoms with Gasteiger partial charge in [0, 0.05) is 16.3 Å². The van der Waals surface area contributed by atoms with E-state index in [1.807, 2.05) is 0 Å². The fourth-order valence-electron chi connectivity index (χ4n) is 1.26. The van der Waals surface area contributed by atoms with E-state index in [1.165, 1.54) is 0 Å². The fraction of sp³-hybridized carbons (Fsp3) is 0.125. The number of carbonyl (C=O) groups is 1. The summed E-state index contributed by atoms with van der Waals surface area (Å²) >= 11 is 5.74. The van der Waals surface area contributed by atoms with Crippen molar-refractivity contribution in [1.82, 2.24) is 0 Å². The average Bonchev–Trinajstić information content (AvgIpc) is 2.31. The van der Waals surface area contributed by atoms with Crippen molar-refractivity contribution in [2.24, 2.45) is 5.73 Å². The molecule has 0 radical (unpaired) electrons. The van der Waals surface area contributed by atoms with E-state index >= 15 is 0 Å². The second-order valence-electron chi connectivity index (χ2n) is 2.70. The van der Waals surface area contributed by atoms with Crippen molar-refractivity contribution in [2.45, 2.75) is 6.04 Å². The summed E-state index contributed by atoms with van der Waals surface area (Å²) in [5.74, 6) is -0.174. The van der Waals surface area contributed by atoms with Crippen LogP contribution in [-0.4, -0.2) is 5.91 Å². The maximum Gasteiger partial charge on any atom is 0.245 e. The van der Waals surface area contributed by atoms with Crippen LogP contribution in [0.15, 0.2) is 18.2 Å². The van der Waals surface area contributed by atoms with Crippen LogP contribution in [0.1, 0.15) is 11.6 Å². The molecule has 1 aliphatic rings. The van der Waals surface area contributed by atoms with Gasteiger partial charge in [-0.15, -0.1) is 0 Å². The standard InChI is InChI=1S/C8H7ClN2O/c9-4-1-2-6-5(3-4)7(10)8(12)11-6/h1-3,7H,10H2,(H,11,12)/t7-/m0/s1. The van der Waals surface area contributed by atoms with Crippen molar-refractivity contribution in [3.63, 3.8) is 0 Å². The Hall–Kier alpha value is -1.06. The third-order valence-electron chi connectivity index (χ3n) is 1.89. The van der Waals surface area contributed by atoms with Gasteiger partial charge in [0.25, 0.3) is 0 Å². The molecular formula is C8H7ClN2O. The number of carbonyl (C=O) groups excluding carboxylic acids is 1. The molecule has 12 heavy (non-hydrogen) atoms. The van der Waals surface area contributed by atoms with Crippen LogP contribution in [0.3, 0.4) is 0 Å². The lowest BCUT2D eigenvalue weighted by atomic mass is 10.1. The van der Waals surface area contributed by atoms with Crippen LogP contribution in [0.5, 0.6) is 0 Å². The van der Waals surface area contributed by atoms with E-state index in [9.17, 15) is 4.79 Å². The van der Waals surface area contributed by atoms with Gasteiger partial charge in [0.2, 0.25) is 5.91 Å². The second-order valence-corrected chi connectivity index (χ2v) is 3.13. The first-order valence-electron chi connectivity index (χ1n) is 3.54. The molecule has 2 rings (SSSR count). The second kappa shape index (κ2) is 2.47. The maximum atomic E-state index is 11.1. The van der Waals surface area contributed by atoms with Gasteiger partial charge in [0.15, 0.2) is 0 Å². The molecule has 1 aromatic carbocycles. The largest absolute Gasteiger partial charge is 0.324 e. The highest BCUT2D eigenvalue weighted by molar-refractivity contribution is 6.30. The SMILES string of the molecule is N[C@@H]1C(=O)Nc2ccc(Cl)cc21. The van der Waals surface area contributed by atoms with Gasteiger partial charge in [-0.1, -0.05) is 11.6 Å². The van der Waals surface area contributed by atoms with Gasteiger partial charge >= 0.3 is 0 Å². The third-order valence-corrected chi connectivity index (χ3v) is 2.12. The molecule has 0 saturated carbocycles. The summed E-state index contributed by atoms with van der Waals surface area (Å²) in [6.07, 6.45) is 0. The van der Waals surface area contributed by atoms with E-state index in [0.29, 0.717) is 5.02 Å². The van der Waals surface area contributed by atoms with Crippen molar-refractivity contribution in [3.8, 4) is 0 Å². The maximum absolute atomic E-state index is 11.1. The van der Waals surface area contributed by atoms with Gasteiger partial charge in [-0.25, -0.2) is 0 Å². The van der Waals surface area contributed by atoms with Gasteiger partial charge in [0.1, 0.15) is 6.04 Å². The third kappa shape index (κ3) is 0.983. The summed E-state index contributed by atoms with van der Waals surface area (Å²) in [5.41, 5.74) is 7.12. The Kier molecular flexibility index (Phi) is 1.56. The molecule has 0 aromatic heterocycles. The molecule has 1 aliphatic heterocycles. The minimum Gasteiger partial charge on any atom is -0.324 e. The topological polar surface area (TPSA) is 55.1 Å². The number of nitrogens with two attached hydrogens (primary N) is 1. The quantitative estimate of drug-likeness (QED) is 0.635. The van der Waals surface area contributed by atoms with Gasteiger partial charge in [-0.2, -0.15) is 0 Å². The molecule has 62 valence electrons. The van der Waals surface area contributed by atoms with Crippen LogP contribution in [0, 0.1) is 0 Å². The predicted molar refractivity (Wildman–Crippen MR) is 47.0 cm³/mol. The summed E-state index contributed by atoms with van der Waals surface area (Å²) in [4.78, 5) is 11.1. The summed E-state index contributed by atoms with van der Waals surface area (Å²) in [5, 5.41) is 3.25. The zero-order chi connectivity index (χ0) is 8.72. The van der Waals surface area contributed by atoms with E-state index in [-0.39, 0.29) is 5.91 Å². The van der Waals surface area contributed by atoms with Crippen LogP contribution in [0.25, 0.3) is 0 Å². The molecule has 0 spiro atoms. The Labute approximate surface area is 74.5 Å². The van der Waals surface area contributed by atoms with Gasteiger partial charge < -0.3 is 11.1 Å². The smallest absolute Gasteiger partial charge is 0.245 e. The Bertz CT molecular complexity index is 351. The number of fused-ring (bicyclic) bond motifs is 1. The highest BCUT2D eigenvalue weighted by atomic mass is 35.5. The molecule has 1 aromatic rings. The molecule has 4 heteroatoms. The zero-order valence-electron chi connectivity index (χ0n) is 6.17. The predicted octanol–water partition coefficient (Wildman–Crippen LogP) is 1.29. The van der Waals surface area contributed by atoms with Crippen molar-refractivity contribution < 1.29 is 4.79 Å². The minimum absolute atomic E-state index is 0.174. The number of benzene rings is 1. The van der Waals surface area contributed by atoms with Crippen LogP contribution >= 0.6 is 11.6 Å². The Morgan fingerprint density at radius 2 is 2.25 bits per heavy atom. The zero-order valence-corrected chi connectivity index (χ0v) is 6.93. The molecule has 1 heterocycles. The van der Waals surface area contributed by atoms with E-state index in [0.717, 1.165) is 11.3 Å². The molecule has 0 fully saturated rings. The lowest BCUT2D eigenvalue weighted by Crippen LogP contribution is -2.19. The molecule has 0 unspecified atom stereocenters. The fourth-order valence-corrected chi connectivity index (χ4v) is 1.44. The summed E-state index contributed by atoms with van der Waals surface area (Å²) in [7, 11) is 0. The lowest BCUT2D eigenvalue weighted by Gasteiger charge is -2.00. The Balaban J connectivity index is 2.55. The number of halogens is 1. The summed E-state index contributed by atoms with van der Waals surface area (Å²) in [6, 6.07) is 4.61. The van der Waals surface area contributed by atoms with Crippen LogP contribution in [0.4, 0.5) is 5.69 Å². The Morgan fingerprint density at radius 3 is 3.00 bits per heavy atom. The molecule has 3 N–H and O–H groups in total. The molecule has 0 bridgehead atoms. The highest BCUT2D eigenvalue weighted by Gasteiger charge is 2.26. The molecule has 3 nitrogen and oxygen atoms in total. The first-order valence-corrected chi connectivity index (χ1v) is 3.92. The van der Waals surface area contributed by atoms with Gasteiger partial charge in [-0.05, 0) is 18.2 Å². The number of amides is 1. The van der Waals surface area contributed by atoms with Gasteiger partial charge in [-0.3, -0.25) is 4.79 Å². The Morgan fingerprint density at radius 1 is 1.50 bits per heavy atom. The molecule has 0 aliphatic carbocycles. The molecular weight excluding hydrogens is 176 g/mol. The molecule has 1 amide bonds. The van der Waals surface area contributed by atoms with Crippen molar-refractivity contribution in [3.05, 3.63) is 28.8 Å². The van der Waals surface area contributed by atoms with Crippen molar-refractivity contribution in [2.75, 3.05) is 5.32 Å². The first-order chi connectivity index (χ1) is 5.68. The molecule has 0 saturated heterocycles. The first kappa shape index (κ1) is 7.58. The van der Waals surface area contributed by atoms with Crippen LogP contribution in [0.2, 0.25) is 5.02 Å². The van der Waals surface area contributed by atoms with E-state index in [2.05, 4.69) is 5.32 Å². The van der Waals surface area contributed by atoms with E-state index in [1.54, 1.807) is 18.2 Å². The number of hydrogen-bond donors (Lipinski definition) is 2. The normalized spacial score (nSPS) is 20.5. The monoisotopic (exact) mass is 182 g/mol. The number of anilines is 1. The van der Waals surface area contributed by atoms with E-state index in [4.69, 9.17) is 17.3 Å². The highest BCUT2D eigenvalue weighted by Crippen LogP contribution is 2.30. The minimum atomic E-state index is -0.571. The van der Waals surface area contributed by atoms with E-state index < -0.39 is 6.04 Å². The van der Waals surface area contributed by atoms with Crippen molar-refractivity contribution >= 4 is 23.2 Å². The lowest BCUT2D eigenvalue weighted by molar-refractivity contribution is -0.116. The van der Waals surface area contributed by atoms with Crippen LogP contribution < -0.4 is 11.1 Å². The number of rotatable bonds is 0. The summed E-state index contributed by atoms with van der Waals surface area (Å²) in [6.45, 7) is 0. The van der Waals surface area contributed by atoms with Gasteiger partial charge in [0.05, 0.1) is 0 Å². The van der Waals surface area contributed by atoms with Crippen molar-refractivity contribution in [1.29, 1.82) is 0 Å². The van der Waals surface area contributed by atoms with Crippen LogP contribution in [-0.2, 0) is 4.79 Å². The molecule has 1 atom stereocenters. The number of nitrogens with one attached hydrogen (secondary N) is 1. The average molecular weight is 183 g/mol. The number of hydrogen-bond acceptors (Lipinski definition) is 2.